The highest BCUT2D eigenvalue weighted by molar-refractivity contribution is 5.34. The number of rotatable bonds is 3. The van der Waals surface area contributed by atoms with E-state index < -0.39 is 0 Å². The average molecular weight is 221 g/mol. The smallest absolute Gasteiger partial charge is 0.126 e. The summed E-state index contributed by atoms with van der Waals surface area (Å²) in [6.45, 7) is 5.37. The first-order chi connectivity index (χ1) is 7.72. The average Bonchev–Trinajstić information content (AvgIpc) is 2.27. The molecule has 0 aliphatic heterocycles. The van der Waals surface area contributed by atoms with Crippen LogP contribution < -0.4 is 5.32 Å². The van der Waals surface area contributed by atoms with Crippen molar-refractivity contribution in [2.24, 2.45) is 5.92 Å². The minimum atomic E-state index is -0.0349. The fourth-order valence-corrected chi connectivity index (χ4v) is 2.59. The number of nitrogens with one attached hydrogen (secondary N) is 1. The molecule has 0 radical (unpaired) electrons. The van der Waals surface area contributed by atoms with Crippen molar-refractivity contribution in [1.29, 1.82) is 0 Å². The third-order valence-corrected chi connectivity index (χ3v) is 3.36. The lowest BCUT2D eigenvalue weighted by molar-refractivity contribution is 0.373. The second-order valence-electron chi connectivity index (χ2n) is 4.86. The van der Waals surface area contributed by atoms with Gasteiger partial charge >= 0.3 is 0 Å². The predicted octanol–water partition coefficient (Wildman–Crippen LogP) is 3.45. The van der Waals surface area contributed by atoms with Gasteiger partial charge < -0.3 is 5.32 Å². The minimum absolute atomic E-state index is 0.0349. The van der Waals surface area contributed by atoms with Crippen molar-refractivity contribution in [1.82, 2.24) is 5.32 Å². The second-order valence-corrected chi connectivity index (χ2v) is 4.86. The van der Waals surface area contributed by atoms with Gasteiger partial charge in [-0.2, -0.15) is 0 Å². The topological polar surface area (TPSA) is 12.0 Å². The molecule has 2 heteroatoms. The van der Waals surface area contributed by atoms with Crippen LogP contribution in [0.2, 0.25) is 0 Å². The zero-order valence-corrected chi connectivity index (χ0v) is 10.1. The predicted molar refractivity (Wildman–Crippen MR) is 64.9 cm³/mol. The van der Waals surface area contributed by atoms with Gasteiger partial charge in [0.1, 0.15) is 5.82 Å². The van der Waals surface area contributed by atoms with E-state index in [0.29, 0.717) is 12.0 Å². The quantitative estimate of drug-likeness (QED) is 0.824. The second kappa shape index (κ2) is 4.96. The normalized spacial score (nSPS) is 24.2. The van der Waals surface area contributed by atoms with Gasteiger partial charge in [0.15, 0.2) is 0 Å². The summed E-state index contributed by atoms with van der Waals surface area (Å²) in [6.07, 6.45) is 3.12. The third-order valence-electron chi connectivity index (χ3n) is 3.36. The van der Waals surface area contributed by atoms with Gasteiger partial charge in [-0.3, -0.25) is 0 Å². The summed E-state index contributed by atoms with van der Waals surface area (Å²) in [5.41, 5.74) is 2.10. The van der Waals surface area contributed by atoms with Crippen molar-refractivity contribution < 1.29 is 4.39 Å². The van der Waals surface area contributed by atoms with Crippen molar-refractivity contribution in [2.75, 3.05) is 6.54 Å². The van der Waals surface area contributed by atoms with Gasteiger partial charge in [-0.25, -0.2) is 4.39 Å². The molecule has 1 aliphatic carbocycles. The van der Waals surface area contributed by atoms with E-state index >= 15 is 0 Å². The van der Waals surface area contributed by atoms with Crippen LogP contribution in [0.1, 0.15) is 43.9 Å². The van der Waals surface area contributed by atoms with Gasteiger partial charge in [-0.05, 0) is 48.9 Å². The number of fused-ring (bicyclic) bond motifs is 1. The molecular weight excluding hydrogens is 201 g/mol. The van der Waals surface area contributed by atoms with Crippen molar-refractivity contribution in [2.45, 2.75) is 39.2 Å². The third kappa shape index (κ3) is 2.27. The van der Waals surface area contributed by atoms with Crippen LogP contribution in [-0.2, 0) is 6.42 Å². The maximum absolute atomic E-state index is 13.7. The standard InChI is InChI=1S/C14H20FN/c1-3-7-16-14-9-10(2)8-12-11(14)5-4-6-13(12)15/h4-6,10,14,16H,3,7-9H2,1-2H3. The van der Waals surface area contributed by atoms with E-state index in [-0.39, 0.29) is 5.82 Å². The highest BCUT2D eigenvalue weighted by Gasteiger charge is 2.25. The lowest BCUT2D eigenvalue weighted by atomic mass is 9.81. The number of halogens is 1. The van der Waals surface area contributed by atoms with Crippen LogP contribution >= 0.6 is 0 Å². The number of hydrogen-bond acceptors (Lipinski definition) is 1. The van der Waals surface area contributed by atoms with E-state index in [2.05, 4.69) is 25.2 Å². The summed E-state index contributed by atoms with van der Waals surface area (Å²) in [5.74, 6) is 0.533. The van der Waals surface area contributed by atoms with E-state index in [4.69, 9.17) is 0 Å². The Bertz CT molecular complexity index is 362. The van der Waals surface area contributed by atoms with E-state index in [1.165, 1.54) is 5.56 Å². The molecule has 0 amide bonds. The highest BCUT2D eigenvalue weighted by atomic mass is 19.1. The SMILES string of the molecule is CCCNC1CC(C)Cc2c(F)cccc21. The largest absolute Gasteiger partial charge is 0.310 e. The van der Waals surface area contributed by atoms with Crippen LogP contribution in [0.15, 0.2) is 18.2 Å². The molecule has 1 N–H and O–H groups in total. The van der Waals surface area contributed by atoms with Crippen molar-refractivity contribution in [3.8, 4) is 0 Å². The Kier molecular flexibility index (Phi) is 3.59. The van der Waals surface area contributed by atoms with Crippen LogP contribution in [0.25, 0.3) is 0 Å². The molecule has 0 aromatic heterocycles. The number of hydrogen-bond donors (Lipinski definition) is 1. The highest BCUT2D eigenvalue weighted by Crippen LogP contribution is 2.34. The van der Waals surface area contributed by atoms with E-state index in [1.54, 1.807) is 6.07 Å². The zero-order valence-electron chi connectivity index (χ0n) is 10.1. The molecule has 0 spiro atoms. The molecule has 1 aromatic rings. The van der Waals surface area contributed by atoms with Gasteiger partial charge in [0.05, 0.1) is 0 Å². The molecule has 2 rings (SSSR count). The summed E-state index contributed by atoms with van der Waals surface area (Å²) in [7, 11) is 0. The molecular formula is C14H20FN. The van der Waals surface area contributed by atoms with Crippen molar-refractivity contribution in [3.63, 3.8) is 0 Å². The van der Waals surface area contributed by atoms with Gasteiger partial charge in [-0.1, -0.05) is 26.0 Å². The molecule has 0 saturated heterocycles. The van der Waals surface area contributed by atoms with Crippen molar-refractivity contribution in [3.05, 3.63) is 35.1 Å². The molecule has 16 heavy (non-hydrogen) atoms. The summed E-state index contributed by atoms with van der Waals surface area (Å²) in [6, 6.07) is 5.81. The number of benzene rings is 1. The molecule has 0 fully saturated rings. The summed E-state index contributed by atoms with van der Waals surface area (Å²) < 4.78 is 13.7. The fourth-order valence-electron chi connectivity index (χ4n) is 2.59. The molecule has 0 bridgehead atoms. The molecule has 88 valence electrons. The Labute approximate surface area is 97.1 Å². The molecule has 1 aromatic carbocycles. The van der Waals surface area contributed by atoms with Gasteiger partial charge in [0.2, 0.25) is 0 Å². The molecule has 0 saturated carbocycles. The first kappa shape index (κ1) is 11.6. The molecule has 1 aliphatic rings. The van der Waals surface area contributed by atoms with Gasteiger partial charge in [0.25, 0.3) is 0 Å². The molecule has 1 nitrogen and oxygen atoms in total. The summed E-state index contributed by atoms with van der Waals surface area (Å²) in [5, 5.41) is 3.52. The van der Waals surface area contributed by atoms with Gasteiger partial charge in [-0.15, -0.1) is 0 Å². The maximum Gasteiger partial charge on any atom is 0.126 e. The Balaban J connectivity index is 2.27. The monoisotopic (exact) mass is 221 g/mol. The summed E-state index contributed by atoms with van der Waals surface area (Å²) >= 11 is 0. The first-order valence-corrected chi connectivity index (χ1v) is 6.23. The first-order valence-electron chi connectivity index (χ1n) is 6.23. The zero-order chi connectivity index (χ0) is 11.5. The van der Waals surface area contributed by atoms with Crippen molar-refractivity contribution >= 4 is 0 Å². The Morgan fingerprint density at radius 2 is 2.25 bits per heavy atom. The van der Waals surface area contributed by atoms with E-state index in [1.807, 2.05) is 6.07 Å². The minimum Gasteiger partial charge on any atom is -0.310 e. The van der Waals surface area contributed by atoms with E-state index in [0.717, 1.165) is 31.4 Å². The van der Waals surface area contributed by atoms with Crippen LogP contribution in [0.3, 0.4) is 0 Å². The summed E-state index contributed by atoms with van der Waals surface area (Å²) in [4.78, 5) is 0. The van der Waals surface area contributed by atoms with Crippen LogP contribution in [0.5, 0.6) is 0 Å². The Hall–Kier alpha value is -0.890. The lowest BCUT2D eigenvalue weighted by Crippen LogP contribution is -2.29. The maximum atomic E-state index is 13.7. The van der Waals surface area contributed by atoms with Crippen LogP contribution in [0, 0.1) is 11.7 Å². The molecule has 2 unspecified atom stereocenters. The Morgan fingerprint density at radius 3 is 3.00 bits per heavy atom. The van der Waals surface area contributed by atoms with Gasteiger partial charge in [0, 0.05) is 6.04 Å². The molecule has 2 atom stereocenters. The van der Waals surface area contributed by atoms with Crippen LogP contribution in [0.4, 0.5) is 4.39 Å². The fraction of sp³-hybridized carbons (Fsp3) is 0.571. The lowest BCUT2D eigenvalue weighted by Gasteiger charge is -2.30. The van der Waals surface area contributed by atoms with E-state index in [9.17, 15) is 4.39 Å². The molecule has 0 heterocycles. The van der Waals surface area contributed by atoms with Crippen LogP contribution in [-0.4, -0.2) is 6.54 Å². The Morgan fingerprint density at radius 1 is 1.44 bits per heavy atom.